The van der Waals surface area contributed by atoms with Crippen molar-refractivity contribution >= 4 is 22.7 Å². The highest BCUT2D eigenvalue weighted by molar-refractivity contribution is 5.92. The molecule has 7 heteroatoms. The summed E-state index contributed by atoms with van der Waals surface area (Å²) in [5, 5.41) is 4.75. The van der Waals surface area contributed by atoms with Crippen LogP contribution >= 0.6 is 0 Å². The average Bonchev–Trinajstić information content (AvgIpc) is 3.57. The number of aromatic nitrogens is 2. The number of hydrogen-bond acceptors (Lipinski definition) is 7. The van der Waals surface area contributed by atoms with Gasteiger partial charge >= 0.3 is 0 Å². The van der Waals surface area contributed by atoms with Crippen molar-refractivity contribution < 1.29 is 4.74 Å². The van der Waals surface area contributed by atoms with Gasteiger partial charge in [-0.05, 0) is 63.7 Å². The average molecular weight is 463 g/mol. The Hall–Kier alpha value is -2.56. The number of likely N-dealkylation sites (tertiary alicyclic amines) is 2. The van der Waals surface area contributed by atoms with Gasteiger partial charge in [0, 0.05) is 57.6 Å². The van der Waals surface area contributed by atoms with Crippen molar-refractivity contribution in [2.24, 2.45) is 0 Å². The molecule has 0 atom stereocenters. The number of piperidine rings is 1. The van der Waals surface area contributed by atoms with Crippen molar-refractivity contribution in [2.45, 2.75) is 57.0 Å². The Balaban J connectivity index is 1.38. The molecule has 2 aromatic rings. The molecule has 3 aliphatic rings. The fraction of sp³-hybridized carbons (Fsp3) is 0.630. The van der Waals surface area contributed by atoms with Crippen molar-refractivity contribution in [1.82, 2.24) is 19.8 Å². The number of hydrogen-bond donors (Lipinski definition) is 1. The zero-order chi connectivity index (χ0) is 23.5. The fourth-order valence-electron chi connectivity index (χ4n) is 5.14. The van der Waals surface area contributed by atoms with Crippen LogP contribution in [0.5, 0.6) is 5.75 Å². The van der Waals surface area contributed by atoms with Crippen LogP contribution < -0.4 is 15.0 Å². The third-order valence-corrected chi connectivity index (χ3v) is 7.31. The normalized spacial score (nSPS) is 19.7. The maximum atomic E-state index is 5.74. The van der Waals surface area contributed by atoms with E-state index in [1.807, 2.05) is 19.0 Å². The van der Waals surface area contributed by atoms with E-state index in [0.717, 1.165) is 59.9 Å². The number of methoxy groups -OCH3 is 1. The van der Waals surface area contributed by atoms with E-state index in [1.54, 1.807) is 7.11 Å². The minimum atomic E-state index is 0.430. The van der Waals surface area contributed by atoms with Gasteiger partial charge in [-0.15, -0.1) is 0 Å². The summed E-state index contributed by atoms with van der Waals surface area (Å²) in [5.74, 6) is 9.10. The Morgan fingerprint density at radius 2 is 1.82 bits per heavy atom. The number of ether oxygens (including phenoxy) is 1. The van der Waals surface area contributed by atoms with E-state index >= 15 is 0 Å². The largest absolute Gasteiger partial charge is 0.495 e. The maximum Gasteiger partial charge on any atom is 0.227 e. The Kier molecular flexibility index (Phi) is 7.07. The van der Waals surface area contributed by atoms with Crippen LogP contribution in [-0.4, -0.2) is 85.8 Å². The molecule has 1 N–H and O–H groups in total. The van der Waals surface area contributed by atoms with Crippen LogP contribution in [0.4, 0.5) is 11.8 Å². The standard InChI is InChI=1S/C27H38N6O/c1-31(2)27-29-24-18-20(8-4-5-13-32-14-6-7-15-32)25(34-3)19-23(24)26(30-27)28-21-11-16-33(17-12-21)22-9-10-22/h18-19,21-22H,5-7,9-17H2,1-3H3,(H,28,29,30). The van der Waals surface area contributed by atoms with Gasteiger partial charge in [0.1, 0.15) is 11.6 Å². The number of benzene rings is 1. The van der Waals surface area contributed by atoms with Crippen molar-refractivity contribution in [2.75, 3.05) is 64.1 Å². The Morgan fingerprint density at radius 1 is 1.06 bits per heavy atom. The third kappa shape index (κ3) is 5.39. The first-order valence-corrected chi connectivity index (χ1v) is 12.9. The summed E-state index contributed by atoms with van der Waals surface area (Å²) in [5.41, 5.74) is 1.80. The van der Waals surface area contributed by atoms with Crippen molar-refractivity contribution in [3.63, 3.8) is 0 Å². The SMILES string of the molecule is COc1cc2c(NC3CCN(C4CC4)CC3)nc(N(C)C)nc2cc1C#CCCN1CCCC1. The lowest BCUT2D eigenvalue weighted by molar-refractivity contribution is 0.210. The highest BCUT2D eigenvalue weighted by atomic mass is 16.5. The summed E-state index contributed by atoms with van der Waals surface area (Å²) < 4.78 is 5.74. The predicted octanol–water partition coefficient (Wildman–Crippen LogP) is 3.58. The molecule has 2 saturated heterocycles. The van der Waals surface area contributed by atoms with Gasteiger partial charge in [0.15, 0.2) is 0 Å². The summed E-state index contributed by atoms with van der Waals surface area (Å²) in [6, 6.07) is 5.40. The van der Waals surface area contributed by atoms with Gasteiger partial charge in [0.05, 0.1) is 18.2 Å². The van der Waals surface area contributed by atoms with Gasteiger partial charge in [-0.1, -0.05) is 11.8 Å². The lowest BCUT2D eigenvalue weighted by Gasteiger charge is -2.33. The number of rotatable bonds is 7. The van der Waals surface area contributed by atoms with Crippen molar-refractivity contribution in [1.29, 1.82) is 0 Å². The van der Waals surface area contributed by atoms with Gasteiger partial charge in [0.25, 0.3) is 0 Å². The third-order valence-electron chi connectivity index (χ3n) is 7.31. The van der Waals surface area contributed by atoms with Crippen LogP contribution in [0, 0.1) is 11.8 Å². The molecule has 1 aromatic heterocycles. The van der Waals surface area contributed by atoms with Crippen LogP contribution in [0.25, 0.3) is 10.9 Å². The monoisotopic (exact) mass is 462 g/mol. The van der Waals surface area contributed by atoms with E-state index in [1.165, 1.54) is 51.9 Å². The van der Waals surface area contributed by atoms with E-state index in [-0.39, 0.29) is 0 Å². The van der Waals surface area contributed by atoms with E-state index in [2.05, 4.69) is 39.1 Å². The number of nitrogens with zero attached hydrogens (tertiary/aromatic N) is 5. The molecular weight excluding hydrogens is 424 g/mol. The molecule has 3 fully saturated rings. The summed E-state index contributed by atoms with van der Waals surface area (Å²) in [7, 11) is 5.69. The van der Waals surface area contributed by atoms with Crippen molar-refractivity contribution in [3.8, 4) is 17.6 Å². The summed E-state index contributed by atoms with van der Waals surface area (Å²) in [6.07, 6.45) is 8.56. The maximum absolute atomic E-state index is 5.74. The molecule has 5 rings (SSSR count). The molecule has 2 aliphatic heterocycles. The summed E-state index contributed by atoms with van der Waals surface area (Å²) >= 11 is 0. The second kappa shape index (κ2) is 10.4. The van der Waals surface area contributed by atoms with Crippen LogP contribution in [0.15, 0.2) is 12.1 Å². The second-order valence-electron chi connectivity index (χ2n) is 10.1. The molecule has 1 aromatic carbocycles. The van der Waals surface area contributed by atoms with E-state index < -0.39 is 0 Å². The van der Waals surface area contributed by atoms with E-state index in [9.17, 15) is 0 Å². The Labute approximate surface area is 203 Å². The van der Waals surface area contributed by atoms with Gasteiger partial charge in [0.2, 0.25) is 5.95 Å². The molecular formula is C27H38N6O. The molecule has 7 nitrogen and oxygen atoms in total. The second-order valence-corrected chi connectivity index (χ2v) is 10.1. The molecule has 3 heterocycles. The number of anilines is 2. The topological polar surface area (TPSA) is 56.8 Å². The molecule has 0 amide bonds. The zero-order valence-electron chi connectivity index (χ0n) is 20.9. The summed E-state index contributed by atoms with van der Waals surface area (Å²) in [6.45, 7) is 5.81. The summed E-state index contributed by atoms with van der Waals surface area (Å²) in [4.78, 5) is 16.8. The first-order chi connectivity index (χ1) is 16.6. The van der Waals surface area contributed by atoms with Crippen molar-refractivity contribution in [3.05, 3.63) is 17.7 Å². The molecule has 0 unspecified atom stereocenters. The van der Waals surface area contributed by atoms with Gasteiger partial charge in [-0.3, -0.25) is 0 Å². The number of nitrogens with one attached hydrogen (secondary N) is 1. The molecule has 1 saturated carbocycles. The Bertz CT molecular complexity index is 1060. The smallest absolute Gasteiger partial charge is 0.227 e. The van der Waals surface area contributed by atoms with E-state index in [0.29, 0.717) is 12.0 Å². The highest BCUT2D eigenvalue weighted by Gasteiger charge is 2.32. The fourth-order valence-corrected chi connectivity index (χ4v) is 5.14. The first kappa shape index (κ1) is 23.2. The first-order valence-electron chi connectivity index (χ1n) is 12.9. The molecule has 182 valence electrons. The molecule has 0 bridgehead atoms. The lowest BCUT2D eigenvalue weighted by Crippen LogP contribution is -2.40. The Morgan fingerprint density at radius 3 is 2.50 bits per heavy atom. The zero-order valence-corrected chi connectivity index (χ0v) is 20.9. The lowest BCUT2D eigenvalue weighted by atomic mass is 10.0. The quantitative estimate of drug-likeness (QED) is 0.631. The van der Waals surface area contributed by atoms with Gasteiger partial charge in [-0.2, -0.15) is 4.98 Å². The predicted molar refractivity (Wildman–Crippen MR) is 139 cm³/mol. The molecule has 34 heavy (non-hydrogen) atoms. The highest BCUT2D eigenvalue weighted by Crippen LogP contribution is 2.33. The number of fused-ring (bicyclic) bond motifs is 1. The van der Waals surface area contributed by atoms with Crippen LogP contribution in [0.1, 0.15) is 50.5 Å². The molecule has 1 aliphatic carbocycles. The van der Waals surface area contributed by atoms with Crippen LogP contribution in [0.2, 0.25) is 0 Å². The minimum Gasteiger partial charge on any atom is -0.495 e. The van der Waals surface area contributed by atoms with Gasteiger partial charge < -0.3 is 24.8 Å². The van der Waals surface area contributed by atoms with Crippen LogP contribution in [-0.2, 0) is 0 Å². The van der Waals surface area contributed by atoms with Gasteiger partial charge in [-0.25, -0.2) is 4.98 Å². The molecule has 0 spiro atoms. The van der Waals surface area contributed by atoms with Crippen LogP contribution in [0.3, 0.4) is 0 Å². The minimum absolute atomic E-state index is 0.430. The van der Waals surface area contributed by atoms with E-state index in [4.69, 9.17) is 14.7 Å². The molecule has 0 radical (unpaired) electrons.